The van der Waals surface area contributed by atoms with Gasteiger partial charge in [0.1, 0.15) is 4.90 Å². The lowest BCUT2D eigenvalue weighted by atomic mass is 10.2. The average Bonchev–Trinajstić information content (AvgIpc) is 3.07. The number of carbonyl (C=O) groups is 1. The Morgan fingerprint density at radius 3 is 2.12 bits per heavy atom. The van der Waals surface area contributed by atoms with Crippen molar-refractivity contribution in [3.05, 3.63) is 41.2 Å². The van der Waals surface area contributed by atoms with Gasteiger partial charge in [-0.3, -0.25) is 9.48 Å². The maximum Gasteiger partial charge on any atom is 0.246 e. The van der Waals surface area contributed by atoms with Crippen LogP contribution >= 0.6 is 0 Å². The summed E-state index contributed by atoms with van der Waals surface area (Å²) < 4.78 is 57.0. The maximum atomic E-state index is 13.2. The second-order valence-corrected chi connectivity index (χ2v) is 11.8. The first kappa shape index (κ1) is 25.3. The van der Waals surface area contributed by atoms with E-state index < -0.39 is 32.0 Å². The Hall–Kier alpha value is -2.28. The van der Waals surface area contributed by atoms with E-state index in [0.717, 1.165) is 5.56 Å². The molecule has 1 saturated heterocycles. The summed E-state index contributed by atoms with van der Waals surface area (Å²) >= 11 is 0. The third-order valence-corrected chi connectivity index (χ3v) is 9.50. The van der Waals surface area contributed by atoms with Gasteiger partial charge in [-0.2, -0.15) is 14.1 Å². The molecule has 2 aromatic rings. The van der Waals surface area contributed by atoms with Crippen LogP contribution in [-0.4, -0.2) is 73.9 Å². The van der Waals surface area contributed by atoms with E-state index >= 15 is 0 Å². The van der Waals surface area contributed by atoms with E-state index in [-0.39, 0.29) is 36.0 Å². The van der Waals surface area contributed by atoms with Crippen LogP contribution in [0.25, 0.3) is 0 Å². The van der Waals surface area contributed by atoms with Gasteiger partial charge in [0.05, 0.1) is 22.3 Å². The molecule has 0 aliphatic carbocycles. The summed E-state index contributed by atoms with van der Waals surface area (Å²) in [6.07, 6.45) is 0. The van der Waals surface area contributed by atoms with E-state index in [1.54, 1.807) is 30.7 Å². The number of aryl methyl sites for hydroxylation is 3. The quantitative estimate of drug-likeness (QED) is 0.610. The van der Waals surface area contributed by atoms with Gasteiger partial charge in [0.25, 0.3) is 0 Å². The molecule has 1 aromatic carbocycles. The Bertz CT molecular complexity index is 1230. The Balaban J connectivity index is 1.66. The fraction of sp³-hybridized carbons (Fsp3) is 0.524. The summed E-state index contributed by atoms with van der Waals surface area (Å²) in [6, 6.07) is 5.38. The van der Waals surface area contributed by atoms with Gasteiger partial charge in [0.2, 0.25) is 26.0 Å². The number of aromatic nitrogens is 2. The third kappa shape index (κ3) is 5.13. The Kier molecular flexibility index (Phi) is 7.32. The number of rotatable bonds is 7. The molecule has 1 atom stereocenters. The number of carbonyl (C=O) groups excluding carboxylic acids is 1. The van der Waals surface area contributed by atoms with Crippen LogP contribution in [-0.2, 0) is 31.4 Å². The van der Waals surface area contributed by atoms with E-state index in [1.807, 2.05) is 13.8 Å². The smallest absolute Gasteiger partial charge is 0.246 e. The highest BCUT2D eigenvalue weighted by Crippen LogP contribution is 2.24. The van der Waals surface area contributed by atoms with Crippen molar-refractivity contribution in [3.63, 3.8) is 0 Å². The van der Waals surface area contributed by atoms with Crippen LogP contribution in [0.5, 0.6) is 0 Å². The number of amides is 1. The molecule has 1 aliphatic rings. The zero-order chi connectivity index (χ0) is 24.6. The van der Waals surface area contributed by atoms with Crippen molar-refractivity contribution in [1.82, 2.24) is 23.7 Å². The summed E-state index contributed by atoms with van der Waals surface area (Å²) in [6.45, 7) is 9.82. The van der Waals surface area contributed by atoms with Gasteiger partial charge in [-0.1, -0.05) is 17.7 Å². The first-order chi connectivity index (χ1) is 15.4. The highest BCUT2D eigenvalue weighted by molar-refractivity contribution is 7.89. The number of hydrogen-bond donors (Lipinski definition) is 1. The SMILES string of the molecule is CCn1nc(C)c(S(=O)(=O)N2CCN(C(=O)[C@@H](C)NS(=O)(=O)c3ccc(C)cc3)CC2)c1C. The minimum absolute atomic E-state index is 0.0852. The molecule has 0 spiro atoms. The first-order valence-electron chi connectivity index (χ1n) is 10.8. The van der Waals surface area contributed by atoms with Crippen molar-refractivity contribution in [2.45, 2.75) is 57.0 Å². The van der Waals surface area contributed by atoms with Gasteiger partial charge >= 0.3 is 0 Å². The number of hydrogen-bond acceptors (Lipinski definition) is 6. The Morgan fingerprint density at radius 1 is 1.03 bits per heavy atom. The summed E-state index contributed by atoms with van der Waals surface area (Å²) in [4.78, 5) is 14.6. The van der Waals surface area contributed by atoms with Gasteiger partial charge in [0.15, 0.2) is 0 Å². The molecule has 1 aliphatic heterocycles. The minimum atomic E-state index is -3.85. The Labute approximate surface area is 195 Å². The van der Waals surface area contributed by atoms with Gasteiger partial charge in [-0.05, 0) is 46.8 Å². The molecule has 33 heavy (non-hydrogen) atoms. The number of piperazine rings is 1. The maximum absolute atomic E-state index is 13.2. The number of sulfonamides is 2. The Morgan fingerprint density at radius 2 is 1.61 bits per heavy atom. The highest BCUT2D eigenvalue weighted by atomic mass is 32.2. The predicted molar refractivity (Wildman–Crippen MR) is 124 cm³/mol. The largest absolute Gasteiger partial charge is 0.339 e. The summed E-state index contributed by atoms with van der Waals surface area (Å²) in [5, 5.41) is 4.30. The van der Waals surface area contributed by atoms with E-state index in [9.17, 15) is 21.6 Å². The molecular formula is C21H31N5O5S2. The third-order valence-electron chi connectivity index (χ3n) is 5.80. The predicted octanol–water partition coefficient (Wildman–Crippen LogP) is 1.03. The molecule has 1 aromatic heterocycles. The van der Waals surface area contributed by atoms with E-state index in [1.165, 1.54) is 28.3 Å². The van der Waals surface area contributed by atoms with Crippen LogP contribution in [0.3, 0.4) is 0 Å². The molecule has 182 valence electrons. The molecule has 1 fully saturated rings. The lowest BCUT2D eigenvalue weighted by Gasteiger charge is -2.35. The molecule has 3 rings (SSSR count). The molecule has 10 nitrogen and oxygen atoms in total. The molecule has 2 heterocycles. The van der Waals surface area contributed by atoms with Gasteiger partial charge < -0.3 is 4.90 Å². The van der Waals surface area contributed by atoms with Crippen molar-refractivity contribution in [1.29, 1.82) is 0 Å². The minimum Gasteiger partial charge on any atom is -0.339 e. The summed E-state index contributed by atoms with van der Waals surface area (Å²) in [7, 11) is -7.60. The molecule has 0 unspecified atom stereocenters. The molecule has 0 bridgehead atoms. The first-order valence-corrected chi connectivity index (χ1v) is 13.7. The van der Waals surface area contributed by atoms with Crippen molar-refractivity contribution >= 4 is 26.0 Å². The number of nitrogens with one attached hydrogen (secondary N) is 1. The number of nitrogens with zero attached hydrogens (tertiary/aromatic N) is 4. The van der Waals surface area contributed by atoms with E-state index in [4.69, 9.17) is 0 Å². The molecule has 0 radical (unpaired) electrons. The zero-order valence-electron chi connectivity index (χ0n) is 19.6. The molecule has 12 heteroatoms. The monoisotopic (exact) mass is 497 g/mol. The van der Waals surface area contributed by atoms with E-state index in [0.29, 0.717) is 17.9 Å². The fourth-order valence-electron chi connectivity index (χ4n) is 3.98. The van der Waals surface area contributed by atoms with Gasteiger partial charge in [-0.15, -0.1) is 0 Å². The molecule has 0 saturated carbocycles. The lowest BCUT2D eigenvalue weighted by molar-refractivity contribution is -0.133. The fourth-order valence-corrected chi connectivity index (χ4v) is 6.97. The van der Waals surface area contributed by atoms with Crippen molar-refractivity contribution in [2.24, 2.45) is 0 Å². The zero-order valence-corrected chi connectivity index (χ0v) is 21.2. The van der Waals surface area contributed by atoms with Crippen LogP contribution in [0.4, 0.5) is 0 Å². The van der Waals surface area contributed by atoms with Crippen LogP contribution in [0.2, 0.25) is 0 Å². The molecular weight excluding hydrogens is 466 g/mol. The van der Waals surface area contributed by atoms with Gasteiger partial charge in [0, 0.05) is 32.7 Å². The van der Waals surface area contributed by atoms with Crippen LogP contribution in [0.15, 0.2) is 34.1 Å². The van der Waals surface area contributed by atoms with Crippen LogP contribution < -0.4 is 4.72 Å². The normalized spacial score (nSPS) is 16.7. The highest BCUT2D eigenvalue weighted by Gasteiger charge is 2.35. The van der Waals surface area contributed by atoms with Crippen molar-refractivity contribution in [2.75, 3.05) is 26.2 Å². The van der Waals surface area contributed by atoms with Crippen LogP contribution in [0.1, 0.15) is 30.8 Å². The summed E-state index contributed by atoms with van der Waals surface area (Å²) in [5.41, 5.74) is 1.97. The molecule has 1 N–H and O–H groups in total. The van der Waals surface area contributed by atoms with Crippen LogP contribution in [0, 0.1) is 20.8 Å². The van der Waals surface area contributed by atoms with Gasteiger partial charge in [-0.25, -0.2) is 16.8 Å². The summed E-state index contributed by atoms with van der Waals surface area (Å²) in [5.74, 6) is -0.395. The lowest BCUT2D eigenvalue weighted by Crippen LogP contribution is -2.55. The second-order valence-electron chi connectivity index (χ2n) is 8.20. The van der Waals surface area contributed by atoms with E-state index in [2.05, 4.69) is 9.82 Å². The molecule has 1 amide bonds. The number of benzene rings is 1. The topological polar surface area (TPSA) is 122 Å². The second kappa shape index (κ2) is 9.53. The van der Waals surface area contributed by atoms with Crippen molar-refractivity contribution < 1.29 is 21.6 Å². The van der Waals surface area contributed by atoms with Crippen molar-refractivity contribution in [3.8, 4) is 0 Å². The average molecular weight is 498 g/mol. The standard InChI is InChI=1S/C21H31N5O5S2/c1-6-26-18(5)20(16(3)22-26)33(30,31)25-13-11-24(12-14-25)21(27)17(4)23-32(28,29)19-9-7-15(2)8-10-19/h7-10,17,23H,6,11-14H2,1-5H3/t17-/m1/s1.